The van der Waals surface area contributed by atoms with E-state index in [0.29, 0.717) is 13.0 Å². The normalized spacial score (nSPS) is 12.6. The summed E-state index contributed by atoms with van der Waals surface area (Å²) in [5.74, 6) is 0. The fourth-order valence-corrected chi connectivity index (χ4v) is 5.00. The van der Waals surface area contributed by atoms with E-state index in [4.69, 9.17) is 0 Å². The molecule has 1 atom stereocenters. The van der Waals surface area contributed by atoms with Crippen molar-refractivity contribution in [3.8, 4) is 0 Å². The number of methoxy groups -OCH3 is 1. The summed E-state index contributed by atoms with van der Waals surface area (Å²) < 4.78 is 32.7. The largest absolute Gasteiger partial charge is 0.453 e. The number of sulfonamides is 1. The average Bonchev–Trinajstić information content (AvgIpc) is 3.11. The van der Waals surface area contributed by atoms with Crippen LogP contribution in [0.4, 0.5) is 4.79 Å². The van der Waals surface area contributed by atoms with Gasteiger partial charge in [0.25, 0.3) is 10.0 Å². The SMILES string of the molecule is CCc1ccc([C@H](C)NS(=O)(=O)c2ccc(CCNC(=O)OC)s2)cc1. The molecule has 8 heteroatoms. The molecule has 1 aromatic carbocycles. The van der Waals surface area contributed by atoms with Crippen molar-refractivity contribution in [1.82, 2.24) is 10.0 Å². The van der Waals surface area contributed by atoms with Gasteiger partial charge in [-0.25, -0.2) is 17.9 Å². The third-order valence-corrected chi connectivity index (χ3v) is 7.13. The Morgan fingerprint density at radius 2 is 1.88 bits per heavy atom. The highest BCUT2D eigenvalue weighted by Crippen LogP contribution is 2.24. The number of aryl methyl sites for hydroxylation is 1. The molecule has 1 heterocycles. The van der Waals surface area contributed by atoms with Gasteiger partial charge in [-0.15, -0.1) is 11.3 Å². The van der Waals surface area contributed by atoms with Crippen LogP contribution in [0.25, 0.3) is 0 Å². The minimum Gasteiger partial charge on any atom is -0.453 e. The quantitative estimate of drug-likeness (QED) is 0.717. The van der Waals surface area contributed by atoms with Gasteiger partial charge >= 0.3 is 6.09 Å². The van der Waals surface area contributed by atoms with Crippen molar-refractivity contribution in [2.45, 2.75) is 36.9 Å². The second-order valence-corrected chi connectivity index (χ2v) is 8.94. The van der Waals surface area contributed by atoms with Crippen LogP contribution in [-0.2, 0) is 27.6 Å². The molecule has 2 rings (SSSR count). The molecule has 0 radical (unpaired) electrons. The van der Waals surface area contributed by atoms with E-state index in [1.807, 2.05) is 31.2 Å². The van der Waals surface area contributed by atoms with Crippen LogP contribution in [0.3, 0.4) is 0 Å². The lowest BCUT2D eigenvalue weighted by Gasteiger charge is -2.14. The molecule has 0 bridgehead atoms. The Kier molecular flexibility index (Phi) is 7.19. The molecule has 2 aromatic rings. The van der Waals surface area contributed by atoms with E-state index in [1.165, 1.54) is 24.0 Å². The molecule has 0 saturated heterocycles. The van der Waals surface area contributed by atoms with Gasteiger partial charge in [0, 0.05) is 17.5 Å². The maximum atomic E-state index is 12.6. The number of benzene rings is 1. The Morgan fingerprint density at radius 3 is 2.50 bits per heavy atom. The Bertz CT molecular complexity index is 829. The first-order valence-electron chi connectivity index (χ1n) is 8.37. The molecule has 1 aromatic heterocycles. The number of carbonyl (C=O) groups excluding carboxylic acids is 1. The lowest BCUT2D eigenvalue weighted by Crippen LogP contribution is -2.26. The Balaban J connectivity index is 1.99. The summed E-state index contributed by atoms with van der Waals surface area (Å²) >= 11 is 1.20. The van der Waals surface area contributed by atoms with Crippen molar-refractivity contribution in [3.05, 3.63) is 52.4 Å². The molecule has 6 nitrogen and oxygen atoms in total. The second-order valence-electron chi connectivity index (χ2n) is 5.83. The minimum absolute atomic E-state index is 0.266. The molecular formula is C18H24N2O4S2. The number of hydrogen-bond donors (Lipinski definition) is 2. The van der Waals surface area contributed by atoms with Crippen molar-refractivity contribution < 1.29 is 17.9 Å². The lowest BCUT2D eigenvalue weighted by molar-refractivity contribution is 0.171. The molecule has 0 aliphatic carbocycles. The van der Waals surface area contributed by atoms with Crippen molar-refractivity contribution in [2.24, 2.45) is 0 Å². The molecule has 0 unspecified atom stereocenters. The van der Waals surface area contributed by atoms with Crippen LogP contribution in [0.5, 0.6) is 0 Å². The van der Waals surface area contributed by atoms with Gasteiger partial charge in [0.05, 0.1) is 7.11 Å². The Hall–Kier alpha value is -1.90. The van der Waals surface area contributed by atoms with E-state index in [2.05, 4.69) is 21.7 Å². The van der Waals surface area contributed by atoms with Gasteiger partial charge < -0.3 is 10.1 Å². The van der Waals surface area contributed by atoms with Gasteiger partial charge in [0.15, 0.2) is 0 Å². The van der Waals surface area contributed by atoms with Crippen molar-refractivity contribution >= 4 is 27.5 Å². The van der Waals surface area contributed by atoms with Gasteiger partial charge in [-0.05, 0) is 43.0 Å². The van der Waals surface area contributed by atoms with Crippen LogP contribution >= 0.6 is 11.3 Å². The van der Waals surface area contributed by atoms with Crippen molar-refractivity contribution in [2.75, 3.05) is 13.7 Å². The zero-order valence-electron chi connectivity index (χ0n) is 15.1. The topological polar surface area (TPSA) is 84.5 Å². The minimum atomic E-state index is -3.59. The van der Waals surface area contributed by atoms with Crippen LogP contribution in [0, 0.1) is 0 Å². The maximum absolute atomic E-state index is 12.6. The molecule has 0 fully saturated rings. The Morgan fingerprint density at radius 1 is 1.19 bits per heavy atom. The molecule has 0 spiro atoms. The van der Waals surface area contributed by atoms with Gasteiger partial charge in [0.1, 0.15) is 4.21 Å². The number of hydrogen-bond acceptors (Lipinski definition) is 5. The van der Waals surface area contributed by atoms with E-state index in [9.17, 15) is 13.2 Å². The first-order chi connectivity index (χ1) is 12.4. The third-order valence-electron chi connectivity index (χ3n) is 3.95. The molecular weight excluding hydrogens is 372 g/mol. The van der Waals surface area contributed by atoms with E-state index in [0.717, 1.165) is 16.9 Å². The second kappa shape index (κ2) is 9.16. The first-order valence-corrected chi connectivity index (χ1v) is 10.7. The number of thiophene rings is 1. The van der Waals surface area contributed by atoms with E-state index in [1.54, 1.807) is 12.1 Å². The highest BCUT2D eigenvalue weighted by molar-refractivity contribution is 7.91. The average molecular weight is 397 g/mol. The number of amides is 1. The fourth-order valence-electron chi connectivity index (χ4n) is 2.40. The van der Waals surface area contributed by atoms with E-state index < -0.39 is 16.1 Å². The summed E-state index contributed by atoms with van der Waals surface area (Å²) in [7, 11) is -2.29. The molecule has 2 N–H and O–H groups in total. The number of nitrogens with one attached hydrogen (secondary N) is 2. The molecule has 26 heavy (non-hydrogen) atoms. The molecule has 0 saturated carbocycles. The molecule has 1 amide bonds. The van der Waals surface area contributed by atoms with Crippen molar-refractivity contribution in [1.29, 1.82) is 0 Å². The third kappa shape index (κ3) is 5.55. The Labute approximate surface area is 158 Å². The zero-order chi connectivity index (χ0) is 19.2. The summed E-state index contributed by atoms with van der Waals surface area (Å²) in [6.07, 6.45) is 0.992. The lowest BCUT2D eigenvalue weighted by atomic mass is 10.1. The smallest absolute Gasteiger partial charge is 0.406 e. The van der Waals surface area contributed by atoms with Crippen molar-refractivity contribution in [3.63, 3.8) is 0 Å². The molecule has 0 aliphatic rings. The van der Waals surface area contributed by atoms with Crippen LogP contribution in [0.15, 0.2) is 40.6 Å². The van der Waals surface area contributed by atoms with Crippen LogP contribution in [0.2, 0.25) is 0 Å². The maximum Gasteiger partial charge on any atom is 0.406 e. The monoisotopic (exact) mass is 396 g/mol. The highest BCUT2D eigenvalue weighted by Gasteiger charge is 2.20. The summed E-state index contributed by atoms with van der Waals surface area (Å²) in [5, 5.41) is 2.57. The van der Waals surface area contributed by atoms with Crippen LogP contribution < -0.4 is 10.0 Å². The summed E-state index contributed by atoms with van der Waals surface area (Å²) in [6, 6.07) is 11.0. The fraction of sp³-hybridized carbons (Fsp3) is 0.389. The number of alkyl carbamates (subject to hydrolysis) is 1. The zero-order valence-corrected chi connectivity index (χ0v) is 16.7. The summed E-state index contributed by atoms with van der Waals surface area (Å²) in [4.78, 5) is 11.9. The summed E-state index contributed by atoms with van der Waals surface area (Å²) in [5.41, 5.74) is 2.14. The van der Waals surface area contributed by atoms with E-state index in [-0.39, 0.29) is 10.3 Å². The van der Waals surface area contributed by atoms with Crippen LogP contribution in [-0.4, -0.2) is 28.2 Å². The van der Waals surface area contributed by atoms with Gasteiger partial charge in [0.2, 0.25) is 0 Å². The van der Waals surface area contributed by atoms with Gasteiger partial charge in [-0.1, -0.05) is 31.2 Å². The predicted octanol–water partition coefficient (Wildman–Crippen LogP) is 3.25. The first kappa shape index (κ1) is 20.4. The van der Waals surface area contributed by atoms with Gasteiger partial charge in [-0.3, -0.25) is 0 Å². The van der Waals surface area contributed by atoms with E-state index >= 15 is 0 Å². The number of carbonyl (C=O) groups is 1. The highest BCUT2D eigenvalue weighted by atomic mass is 32.2. The van der Waals surface area contributed by atoms with Crippen LogP contribution in [0.1, 0.15) is 35.9 Å². The summed E-state index contributed by atoms with van der Waals surface area (Å²) in [6.45, 7) is 4.30. The standard InChI is InChI=1S/C18H24N2O4S2/c1-4-14-5-7-15(8-6-14)13(2)20-26(22,23)17-10-9-16(25-17)11-12-19-18(21)24-3/h5-10,13,20H,4,11-12H2,1-3H3,(H,19,21)/t13-/m0/s1. The molecule has 0 aliphatic heterocycles. The predicted molar refractivity (Wildman–Crippen MR) is 103 cm³/mol. The van der Waals surface area contributed by atoms with Gasteiger partial charge in [-0.2, -0.15) is 0 Å². The number of rotatable bonds is 8. The number of ether oxygens (including phenoxy) is 1. The molecule has 142 valence electrons.